The molecule has 1 aliphatic heterocycles. The summed E-state index contributed by atoms with van der Waals surface area (Å²) >= 11 is 0. The van der Waals surface area contributed by atoms with E-state index in [4.69, 9.17) is 4.74 Å². The van der Waals surface area contributed by atoms with Crippen LogP contribution in [0, 0.1) is 23.4 Å². The Morgan fingerprint density at radius 1 is 1.17 bits per heavy atom. The second-order valence-corrected chi connectivity index (χ2v) is 10.1. The van der Waals surface area contributed by atoms with Crippen molar-refractivity contribution in [1.29, 1.82) is 0 Å². The van der Waals surface area contributed by atoms with Crippen LogP contribution in [0.4, 0.5) is 17.6 Å². The summed E-state index contributed by atoms with van der Waals surface area (Å²) in [6, 6.07) is 5.42. The molecule has 2 rings (SSSR count). The highest BCUT2D eigenvalue weighted by Crippen LogP contribution is 2.29. The molecule has 1 heterocycles. The number of hydrogen-bond donors (Lipinski definition) is 0. The molecule has 23 heavy (non-hydrogen) atoms. The van der Waals surface area contributed by atoms with Crippen molar-refractivity contribution in [2.75, 3.05) is 6.61 Å². The third-order valence-corrected chi connectivity index (χ3v) is 8.15. The largest absolute Gasteiger partial charge is 0.493 e. The first-order chi connectivity index (χ1) is 11.0. The highest BCUT2D eigenvalue weighted by molar-refractivity contribution is 6.58. The van der Waals surface area contributed by atoms with Gasteiger partial charge in [0.25, 0.3) is 0 Å². The Morgan fingerprint density at radius 2 is 1.78 bits per heavy atom. The van der Waals surface area contributed by atoms with E-state index in [2.05, 4.69) is 0 Å². The van der Waals surface area contributed by atoms with Crippen LogP contribution in [0.1, 0.15) is 32.6 Å². The van der Waals surface area contributed by atoms with Gasteiger partial charge in [-0.15, -0.1) is 0 Å². The van der Waals surface area contributed by atoms with Crippen molar-refractivity contribution in [3.63, 3.8) is 0 Å². The molecule has 1 aromatic rings. The maximum absolute atomic E-state index is 13.1. The van der Waals surface area contributed by atoms with Gasteiger partial charge >= 0.3 is 0 Å². The van der Waals surface area contributed by atoms with E-state index in [1.807, 2.05) is 0 Å². The van der Waals surface area contributed by atoms with E-state index in [0.717, 1.165) is 31.4 Å². The van der Waals surface area contributed by atoms with E-state index in [0.29, 0.717) is 18.9 Å². The fourth-order valence-electron chi connectivity index (χ4n) is 3.20. The van der Waals surface area contributed by atoms with Gasteiger partial charge in [0.15, 0.2) is 17.5 Å². The van der Waals surface area contributed by atoms with Gasteiger partial charge in [-0.3, -0.25) is 0 Å². The van der Waals surface area contributed by atoms with Crippen LogP contribution in [0.25, 0.3) is 0 Å². The first-order valence-corrected chi connectivity index (χ1v) is 10.8. The quantitative estimate of drug-likeness (QED) is 0.371. The van der Waals surface area contributed by atoms with Crippen LogP contribution in [0.15, 0.2) is 12.1 Å². The minimum absolute atomic E-state index is 0.0395. The van der Waals surface area contributed by atoms with E-state index in [9.17, 15) is 17.6 Å². The molecule has 1 aromatic carbocycles. The Bertz CT molecular complexity index is 478. The van der Waals surface area contributed by atoms with Crippen molar-refractivity contribution in [3.8, 4) is 5.75 Å². The van der Waals surface area contributed by atoms with Gasteiger partial charge in [-0.05, 0) is 32.1 Å². The Labute approximate surface area is 136 Å². The minimum Gasteiger partial charge on any atom is -0.493 e. The molecule has 0 radical (unpaired) electrons. The molecule has 1 saturated heterocycles. The van der Waals surface area contributed by atoms with Crippen LogP contribution >= 0.6 is 0 Å². The van der Waals surface area contributed by atoms with Crippen LogP contribution in [0.5, 0.6) is 5.75 Å². The lowest BCUT2D eigenvalue weighted by Crippen LogP contribution is -2.25. The summed E-state index contributed by atoms with van der Waals surface area (Å²) in [5.74, 6) is -3.49. The summed E-state index contributed by atoms with van der Waals surface area (Å²) in [6.45, 7) is 2.02. The molecule has 0 N–H and O–H groups in total. The monoisotopic (exact) mass is 348 g/mol. The third kappa shape index (κ3) is 5.83. The Balaban J connectivity index is 1.70. The number of halogens is 4. The molecule has 0 aromatic heterocycles. The lowest BCUT2D eigenvalue weighted by molar-refractivity contribution is 0.233. The Morgan fingerprint density at radius 3 is 2.35 bits per heavy atom. The molecule has 1 atom stereocenters. The van der Waals surface area contributed by atoms with E-state index in [1.165, 1.54) is 18.1 Å². The predicted octanol–water partition coefficient (Wildman–Crippen LogP) is 5.26. The van der Waals surface area contributed by atoms with Crippen molar-refractivity contribution >= 4 is 8.80 Å². The fourth-order valence-corrected chi connectivity index (χ4v) is 6.77. The van der Waals surface area contributed by atoms with Crippen LogP contribution in [-0.4, -0.2) is 21.6 Å². The van der Waals surface area contributed by atoms with Gasteiger partial charge in [0.2, 0.25) is 0 Å². The van der Waals surface area contributed by atoms with Crippen molar-refractivity contribution in [3.05, 3.63) is 29.6 Å². The number of ether oxygens (including phenoxy) is 1. The zero-order chi connectivity index (χ0) is 16.8. The lowest BCUT2D eigenvalue weighted by atomic mass is 10.0. The summed E-state index contributed by atoms with van der Waals surface area (Å²) in [6.07, 6.45) is 3.08. The second-order valence-electron chi connectivity index (χ2n) is 6.61. The van der Waals surface area contributed by atoms with Crippen LogP contribution in [0.2, 0.25) is 18.1 Å². The average Bonchev–Trinajstić information content (AvgIpc) is 2.51. The van der Waals surface area contributed by atoms with E-state index in [1.54, 1.807) is 6.92 Å². The molecule has 1 nitrogen and oxygen atoms in total. The van der Waals surface area contributed by atoms with Crippen molar-refractivity contribution in [2.24, 2.45) is 5.92 Å². The molecule has 0 bridgehead atoms. The molecule has 0 saturated carbocycles. The van der Waals surface area contributed by atoms with Gasteiger partial charge < -0.3 is 4.74 Å². The molecule has 0 amide bonds. The summed E-state index contributed by atoms with van der Waals surface area (Å²) in [7, 11) is -0.737. The van der Waals surface area contributed by atoms with Gasteiger partial charge in [-0.1, -0.05) is 24.6 Å². The number of rotatable bonds is 7. The van der Waals surface area contributed by atoms with Gasteiger partial charge in [0, 0.05) is 20.9 Å². The standard InChI is InChI=1S/C17H24F4OSi/c1-12(18)3-2-6-23-7-4-13(5-8-23)11-22-14-9-15(19)17(21)16(20)10-14/h9-10,12-13,23H,2-8,11H2,1H3. The molecular formula is C17H24F4OSi. The van der Waals surface area contributed by atoms with E-state index >= 15 is 0 Å². The fraction of sp³-hybridized carbons (Fsp3) is 0.647. The van der Waals surface area contributed by atoms with Gasteiger partial charge in [-0.25, -0.2) is 17.6 Å². The van der Waals surface area contributed by atoms with Gasteiger partial charge in [-0.2, -0.15) is 0 Å². The van der Waals surface area contributed by atoms with Gasteiger partial charge in [0.1, 0.15) is 5.75 Å². The number of alkyl halides is 1. The van der Waals surface area contributed by atoms with Crippen molar-refractivity contribution < 1.29 is 22.3 Å². The molecule has 6 heteroatoms. The zero-order valence-corrected chi connectivity index (χ0v) is 14.6. The molecule has 0 aliphatic carbocycles. The maximum atomic E-state index is 13.1. The molecule has 1 aliphatic rings. The minimum atomic E-state index is -1.47. The van der Waals surface area contributed by atoms with Gasteiger partial charge in [0.05, 0.1) is 12.8 Å². The number of benzene rings is 1. The maximum Gasteiger partial charge on any atom is 0.194 e. The summed E-state index contributed by atoms with van der Waals surface area (Å²) in [5.41, 5.74) is 0. The SMILES string of the molecule is CC(F)CCC[SiH]1CCC(COc2cc(F)c(F)c(F)c2)CC1. The average molecular weight is 348 g/mol. The molecular weight excluding hydrogens is 324 g/mol. The summed E-state index contributed by atoms with van der Waals surface area (Å²) in [4.78, 5) is 0. The van der Waals surface area contributed by atoms with E-state index < -0.39 is 32.4 Å². The first kappa shape index (κ1) is 18.3. The summed E-state index contributed by atoms with van der Waals surface area (Å²) < 4.78 is 57.3. The van der Waals surface area contributed by atoms with Crippen molar-refractivity contribution in [1.82, 2.24) is 0 Å². The highest BCUT2D eigenvalue weighted by Gasteiger charge is 2.23. The lowest BCUT2D eigenvalue weighted by Gasteiger charge is -2.27. The van der Waals surface area contributed by atoms with Crippen LogP contribution in [0.3, 0.4) is 0 Å². The van der Waals surface area contributed by atoms with Crippen LogP contribution < -0.4 is 4.74 Å². The smallest absolute Gasteiger partial charge is 0.194 e. The summed E-state index contributed by atoms with van der Waals surface area (Å²) in [5, 5.41) is 0. The topological polar surface area (TPSA) is 9.23 Å². The molecule has 0 spiro atoms. The number of hydrogen-bond acceptors (Lipinski definition) is 1. The molecule has 1 fully saturated rings. The van der Waals surface area contributed by atoms with Crippen molar-refractivity contribution in [2.45, 2.75) is 56.9 Å². The Kier molecular flexibility index (Phi) is 6.93. The molecule has 1 unspecified atom stereocenters. The third-order valence-electron chi connectivity index (χ3n) is 4.62. The highest BCUT2D eigenvalue weighted by atomic mass is 28.3. The molecule has 130 valence electrons. The predicted molar refractivity (Wildman–Crippen MR) is 85.9 cm³/mol. The Hall–Kier alpha value is -1.04. The second kappa shape index (κ2) is 8.71. The normalized spacial score (nSPS) is 22.8. The van der Waals surface area contributed by atoms with Crippen LogP contribution in [-0.2, 0) is 0 Å². The zero-order valence-electron chi connectivity index (χ0n) is 13.5. The van der Waals surface area contributed by atoms with E-state index in [-0.39, 0.29) is 5.75 Å². The first-order valence-electron chi connectivity index (χ1n) is 8.37.